The zero-order valence-corrected chi connectivity index (χ0v) is 11.6. The normalized spacial score (nSPS) is 32.6. The van der Waals surface area contributed by atoms with Gasteiger partial charge in [-0.25, -0.2) is 0 Å². The van der Waals surface area contributed by atoms with Crippen molar-refractivity contribution in [1.29, 1.82) is 0 Å². The molecule has 2 saturated heterocycles. The molecule has 3 heteroatoms. The Morgan fingerprint density at radius 2 is 1.82 bits per heavy atom. The van der Waals surface area contributed by atoms with E-state index in [4.69, 9.17) is 4.74 Å². The first-order chi connectivity index (χ1) is 8.05. The van der Waals surface area contributed by atoms with Gasteiger partial charge in [-0.2, -0.15) is 0 Å². The fourth-order valence-electron chi connectivity index (χ4n) is 2.98. The maximum absolute atomic E-state index is 5.40. The number of ether oxygens (including phenoxy) is 1. The molecule has 2 N–H and O–H groups in total. The molecule has 100 valence electrons. The van der Waals surface area contributed by atoms with Crippen LogP contribution in [0, 0.1) is 11.3 Å². The van der Waals surface area contributed by atoms with Crippen LogP contribution in [0.1, 0.15) is 46.5 Å². The lowest BCUT2D eigenvalue weighted by molar-refractivity contribution is 0.0657. The summed E-state index contributed by atoms with van der Waals surface area (Å²) in [6.07, 6.45) is 5.42. The van der Waals surface area contributed by atoms with Crippen LogP contribution in [0.25, 0.3) is 0 Å². The predicted octanol–water partition coefficient (Wildman–Crippen LogP) is 2.13. The molecular formula is C14H28N2O. The second kappa shape index (κ2) is 5.68. The van der Waals surface area contributed by atoms with Gasteiger partial charge in [-0.05, 0) is 43.6 Å². The highest BCUT2D eigenvalue weighted by Crippen LogP contribution is 2.33. The van der Waals surface area contributed by atoms with Crippen molar-refractivity contribution in [2.75, 3.05) is 19.8 Å². The lowest BCUT2D eigenvalue weighted by atomic mass is 9.75. The first-order valence-electron chi connectivity index (χ1n) is 7.13. The number of hydrogen-bond donors (Lipinski definition) is 2. The highest BCUT2D eigenvalue weighted by Gasteiger charge is 2.31. The molecule has 0 bridgehead atoms. The summed E-state index contributed by atoms with van der Waals surface area (Å²) in [5.41, 5.74) is 0.442. The first kappa shape index (κ1) is 13.3. The van der Waals surface area contributed by atoms with Crippen LogP contribution in [-0.4, -0.2) is 32.0 Å². The minimum Gasteiger partial charge on any atom is -0.381 e. The van der Waals surface area contributed by atoms with Crippen LogP contribution in [0.3, 0.4) is 0 Å². The lowest BCUT2D eigenvalue weighted by Crippen LogP contribution is -2.53. The molecule has 2 aliphatic heterocycles. The Labute approximate surface area is 106 Å². The van der Waals surface area contributed by atoms with Gasteiger partial charge in [0.25, 0.3) is 0 Å². The van der Waals surface area contributed by atoms with E-state index in [1.54, 1.807) is 0 Å². The van der Waals surface area contributed by atoms with Crippen LogP contribution in [0.15, 0.2) is 0 Å². The average Bonchev–Trinajstić information content (AvgIpc) is 2.29. The third-order valence-electron chi connectivity index (χ3n) is 4.29. The lowest BCUT2D eigenvalue weighted by Gasteiger charge is -2.40. The molecule has 0 aromatic rings. The molecule has 3 nitrogen and oxygen atoms in total. The molecule has 0 saturated carbocycles. The SMILES string of the molecule is CC(C)(C)C1CCNC(NC2CCOCC2)C1. The average molecular weight is 240 g/mol. The molecule has 2 unspecified atom stereocenters. The van der Waals surface area contributed by atoms with Crippen molar-refractivity contribution in [3.63, 3.8) is 0 Å². The van der Waals surface area contributed by atoms with E-state index in [1.165, 1.54) is 25.7 Å². The topological polar surface area (TPSA) is 33.3 Å². The number of nitrogens with one attached hydrogen (secondary N) is 2. The van der Waals surface area contributed by atoms with E-state index < -0.39 is 0 Å². The number of rotatable bonds is 2. The summed E-state index contributed by atoms with van der Waals surface area (Å²) < 4.78 is 5.40. The Balaban J connectivity index is 1.80. The second-order valence-electron chi connectivity index (χ2n) is 6.65. The van der Waals surface area contributed by atoms with Gasteiger partial charge in [0, 0.05) is 19.3 Å². The molecule has 2 aliphatic rings. The van der Waals surface area contributed by atoms with Crippen LogP contribution in [0.5, 0.6) is 0 Å². The van der Waals surface area contributed by atoms with E-state index in [1.807, 2.05) is 0 Å². The van der Waals surface area contributed by atoms with Gasteiger partial charge in [-0.15, -0.1) is 0 Å². The van der Waals surface area contributed by atoms with Crippen molar-refractivity contribution < 1.29 is 4.74 Å². The predicted molar refractivity (Wildman–Crippen MR) is 70.9 cm³/mol. The Kier molecular flexibility index (Phi) is 4.45. The van der Waals surface area contributed by atoms with E-state index in [-0.39, 0.29) is 0 Å². The van der Waals surface area contributed by atoms with E-state index in [2.05, 4.69) is 31.4 Å². The van der Waals surface area contributed by atoms with Crippen molar-refractivity contribution in [2.24, 2.45) is 11.3 Å². The fourth-order valence-corrected chi connectivity index (χ4v) is 2.98. The van der Waals surface area contributed by atoms with Crippen molar-refractivity contribution in [2.45, 2.75) is 58.7 Å². The first-order valence-corrected chi connectivity index (χ1v) is 7.13. The Morgan fingerprint density at radius 1 is 1.12 bits per heavy atom. The largest absolute Gasteiger partial charge is 0.381 e. The van der Waals surface area contributed by atoms with E-state index in [0.717, 1.165) is 25.7 Å². The van der Waals surface area contributed by atoms with Crippen molar-refractivity contribution in [3.05, 3.63) is 0 Å². The minimum atomic E-state index is 0.442. The molecule has 17 heavy (non-hydrogen) atoms. The molecular weight excluding hydrogens is 212 g/mol. The van der Waals surface area contributed by atoms with Gasteiger partial charge in [-0.3, -0.25) is 5.32 Å². The maximum Gasteiger partial charge on any atom is 0.0576 e. The molecule has 0 aliphatic carbocycles. The van der Waals surface area contributed by atoms with Crippen LogP contribution in [-0.2, 0) is 4.74 Å². The van der Waals surface area contributed by atoms with Gasteiger partial charge < -0.3 is 10.1 Å². The zero-order valence-electron chi connectivity index (χ0n) is 11.6. The Bertz CT molecular complexity index is 231. The molecule has 2 fully saturated rings. The Morgan fingerprint density at radius 3 is 2.47 bits per heavy atom. The smallest absolute Gasteiger partial charge is 0.0576 e. The number of hydrogen-bond acceptors (Lipinski definition) is 3. The second-order valence-corrected chi connectivity index (χ2v) is 6.65. The van der Waals surface area contributed by atoms with Gasteiger partial charge in [0.05, 0.1) is 6.17 Å². The summed E-state index contributed by atoms with van der Waals surface area (Å²) >= 11 is 0. The van der Waals surface area contributed by atoms with Crippen molar-refractivity contribution >= 4 is 0 Å². The molecule has 0 amide bonds. The van der Waals surface area contributed by atoms with Gasteiger partial charge in [0.15, 0.2) is 0 Å². The summed E-state index contributed by atoms with van der Waals surface area (Å²) in [4.78, 5) is 0. The van der Waals surface area contributed by atoms with Crippen molar-refractivity contribution in [3.8, 4) is 0 Å². The summed E-state index contributed by atoms with van der Waals surface area (Å²) in [5.74, 6) is 0.834. The molecule has 2 heterocycles. The standard InChI is InChI=1S/C14H28N2O/c1-14(2,3)11-4-7-15-13(10-11)16-12-5-8-17-9-6-12/h11-13,15-16H,4-10H2,1-3H3. The number of piperidine rings is 1. The summed E-state index contributed by atoms with van der Waals surface area (Å²) in [6.45, 7) is 10.1. The fraction of sp³-hybridized carbons (Fsp3) is 1.00. The van der Waals surface area contributed by atoms with Gasteiger partial charge >= 0.3 is 0 Å². The summed E-state index contributed by atoms with van der Waals surface area (Å²) in [5, 5.41) is 7.39. The van der Waals surface area contributed by atoms with Crippen LogP contribution in [0.2, 0.25) is 0 Å². The third kappa shape index (κ3) is 3.94. The molecule has 0 aromatic carbocycles. The van der Waals surface area contributed by atoms with Gasteiger partial charge in [0.2, 0.25) is 0 Å². The van der Waals surface area contributed by atoms with Crippen molar-refractivity contribution in [1.82, 2.24) is 10.6 Å². The molecule has 2 atom stereocenters. The van der Waals surface area contributed by atoms with Crippen LogP contribution >= 0.6 is 0 Å². The summed E-state index contributed by atoms with van der Waals surface area (Å²) in [7, 11) is 0. The summed E-state index contributed by atoms with van der Waals surface area (Å²) in [6, 6.07) is 0.653. The molecule has 0 radical (unpaired) electrons. The Hall–Kier alpha value is -0.120. The molecule has 2 rings (SSSR count). The molecule has 0 spiro atoms. The van der Waals surface area contributed by atoms with E-state index in [9.17, 15) is 0 Å². The maximum atomic E-state index is 5.40. The van der Waals surface area contributed by atoms with Crippen LogP contribution in [0.4, 0.5) is 0 Å². The van der Waals surface area contributed by atoms with Gasteiger partial charge in [-0.1, -0.05) is 20.8 Å². The monoisotopic (exact) mass is 240 g/mol. The quantitative estimate of drug-likeness (QED) is 0.776. The third-order valence-corrected chi connectivity index (χ3v) is 4.29. The highest BCUT2D eigenvalue weighted by molar-refractivity contribution is 4.85. The van der Waals surface area contributed by atoms with E-state index >= 15 is 0 Å². The highest BCUT2D eigenvalue weighted by atomic mass is 16.5. The molecule has 0 aromatic heterocycles. The van der Waals surface area contributed by atoms with E-state index in [0.29, 0.717) is 17.6 Å². The minimum absolute atomic E-state index is 0.442. The van der Waals surface area contributed by atoms with Crippen LogP contribution < -0.4 is 10.6 Å². The zero-order chi connectivity index (χ0) is 12.3. The van der Waals surface area contributed by atoms with Gasteiger partial charge in [0.1, 0.15) is 0 Å².